The minimum absolute atomic E-state index is 0.00206. The Morgan fingerprint density at radius 2 is 2.06 bits per heavy atom. The van der Waals surface area contributed by atoms with Crippen molar-refractivity contribution >= 4 is 10.0 Å². The largest absolute Gasteiger partial charge is 0.377 e. The first kappa shape index (κ1) is 13.7. The minimum atomic E-state index is -3.35. The maximum absolute atomic E-state index is 11.4. The average molecular weight is 247 g/mol. The summed E-state index contributed by atoms with van der Waals surface area (Å²) in [5.41, 5.74) is 0. The van der Waals surface area contributed by atoms with Crippen LogP contribution in [0.1, 0.15) is 39.0 Å². The Kier molecular flexibility index (Phi) is 5.44. The summed E-state index contributed by atoms with van der Waals surface area (Å²) in [5.74, 6) is 0. The molecule has 0 unspecified atom stereocenters. The molecule has 1 aliphatic rings. The quantitative estimate of drug-likeness (QED) is 0.754. The van der Waals surface area contributed by atoms with E-state index in [1.54, 1.807) is 0 Å². The van der Waals surface area contributed by atoms with Crippen molar-refractivity contribution in [2.45, 2.75) is 51.2 Å². The molecule has 0 heterocycles. The van der Waals surface area contributed by atoms with Crippen molar-refractivity contribution in [2.75, 3.05) is 6.61 Å². The van der Waals surface area contributed by atoms with Crippen molar-refractivity contribution < 1.29 is 13.2 Å². The van der Waals surface area contributed by atoms with Gasteiger partial charge in [-0.2, -0.15) is 0 Å². The van der Waals surface area contributed by atoms with Gasteiger partial charge in [0.25, 0.3) is 0 Å². The lowest BCUT2D eigenvalue weighted by Gasteiger charge is -2.25. The predicted octanol–water partition coefficient (Wildman–Crippen LogP) is 1.79. The number of sulfonamides is 1. The molecule has 0 amide bonds. The summed E-state index contributed by atoms with van der Waals surface area (Å²) >= 11 is 0. The summed E-state index contributed by atoms with van der Waals surface area (Å²) in [7, 11) is -3.35. The fourth-order valence-electron chi connectivity index (χ4n) is 2.08. The first-order valence-electron chi connectivity index (χ1n) is 5.85. The molecule has 1 saturated carbocycles. The van der Waals surface area contributed by atoms with Crippen LogP contribution in [-0.4, -0.2) is 27.2 Å². The molecule has 16 heavy (non-hydrogen) atoms. The molecular formula is C11H21NO3S. The topological polar surface area (TPSA) is 55.4 Å². The fourth-order valence-corrected chi connectivity index (χ4v) is 2.87. The number of nitrogens with one attached hydrogen (secondary N) is 1. The molecule has 4 nitrogen and oxygen atoms in total. The van der Waals surface area contributed by atoms with E-state index >= 15 is 0 Å². The standard InChI is InChI=1S/C11H21NO3S/c1-3-15-11-9-7-5-6-8-10(11)12-16(13,14)4-2/h4,10-12H,2-3,5-9H2,1H3/t10-,11-/m1/s1. The van der Waals surface area contributed by atoms with Gasteiger partial charge in [0, 0.05) is 18.1 Å². The van der Waals surface area contributed by atoms with E-state index in [1.807, 2.05) is 6.92 Å². The van der Waals surface area contributed by atoms with Gasteiger partial charge >= 0.3 is 0 Å². The van der Waals surface area contributed by atoms with Crippen molar-refractivity contribution in [3.8, 4) is 0 Å². The Morgan fingerprint density at radius 1 is 1.38 bits per heavy atom. The van der Waals surface area contributed by atoms with Crippen LogP contribution >= 0.6 is 0 Å². The van der Waals surface area contributed by atoms with Gasteiger partial charge in [-0.3, -0.25) is 0 Å². The second-order valence-electron chi connectivity index (χ2n) is 4.07. The summed E-state index contributed by atoms with van der Waals surface area (Å²) in [6.07, 6.45) is 5.08. The molecule has 1 fully saturated rings. The summed E-state index contributed by atoms with van der Waals surface area (Å²) in [6, 6.07) is -0.106. The highest BCUT2D eigenvalue weighted by Gasteiger charge is 2.26. The first-order chi connectivity index (χ1) is 7.59. The van der Waals surface area contributed by atoms with E-state index < -0.39 is 10.0 Å². The molecule has 0 spiro atoms. The molecule has 0 aromatic carbocycles. The zero-order valence-electron chi connectivity index (χ0n) is 9.81. The molecule has 1 aliphatic carbocycles. The third kappa shape index (κ3) is 4.23. The minimum Gasteiger partial charge on any atom is -0.377 e. The molecule has 0 bridgehead atoms. The molecule has 1 rings (SSSR count). The molecule has 0 aromatic heterocycles. The van der Waals surface area contributed by atoms with Gasteiger partial charge in [0.05, 0.1) is 6.10 Å². The second kappa shape index (κ2) is 6.37. The SMILES string of the molecule is C=CS(=O)(=O)N[C@@H]1CCCCC[C@H]1OCC. The lowest BCUT2D eigenvalue weighted by Crippen LogP contribution is -2.43. The highest BCUT2D eigenvalue weighted by Crippen LogP contribution is 2.21. The maximum Gasteiger partial charge on any atom is 0.233 e. The van der Waals surface area contributed by atoms with Crippen molar-refractivity contribution in [2.24, 2.45) is 0 Å². The lowest BCUT2D eigenvalue weighted by molar-refractivity contribution is 0.0359. The highest BCUT2D eigenvalue weighted by molar-refractivity contribution is 7.92. The molecule has 94 valence electrons. The van der Waals surface area contributed by atoms with Crippen LogP contribution in [0.4, 0.5) is 0 Å². The Morgan fingerprint density at radius 3 is 2.69 bits per heavy atom. The van der Waals surface area contributed by atoms with Crippen LogP contribution in [0.15, 0.2) is 12.0 Å². The number of rotatable bonds is 5. The Hall–Kier alpha value is -0.390. The summed E-state index contributed by atoms with van der Waals surface area (Å²) in [6.45, 7) is 5.86. The normalized spacial score (nSPS) is 27.3. The van der Waals surface area contributed by atoms with Crippen LogP contribution in [-0.2, 0) is 14.8 Å². The van der Waals surface area contributed by atoms with E-state index in [1.165, 1.54) is 0 Å². The van der Waals surface area contributed by atoms with Crippen LogP contribution in [0.5, 0.6) is 0 Å². The van der Waals surface area contributed by atoms with E-state index in [-0.39, 0.29) is 12.1 Å². The van der Waals surface area contributed by atoms with Gasteiger partial charge < -0.3 is 4.74 Å². The maximum atomic E-state index is 11.4. The molecule has 1 N–H and O–H groups in total. The van der Waals surface area contributed by atoms with Crippen LogP contribution in [0.25, 0.3) is 0 Å². The summed E-state index contributed by atoms with van der Waals surface area (Å²) < 4.78 is 31.1. The van der Waals surface area contributed by atoms with Crippen molar-refractivity contribution in [3.05, 3.63) is 12.0 Å². The van der Waals surface area contributed by atoms with Crippen molar-refractivity contribution in [1.29, 1.82) is 0 Å². The number of hydrogen-bond acceptors (Lipinski definition) is 3. The Bertz CT molecular complexity index is 313. The average Bonchev–Trinajstić information content (AvgIpc) is 2.45. The van der Waals surface area contributed by atoms with E-state index in [0.717, 1.165) is 37.5 Å². The summed E-state index contributed by atoms with van der Waals surface area (Å²) in [5, 5.41) is 0.959. The van der Waals surface area contributed by atoms with Crippen molar-refractivity contribution in [1.82, 2.24) is 4.72 Å². The fraction of sp³-hybridized carbons (Fsp3) is 0.818. The lowest BCUT2D eigenvalue weighted by atomic mass is 10.1. The first-order valence-corrected chi connectivity index (χ1v) is 7.40. The molecule has 0 saturated heterocycles. The molecule has 0 radical (unpaired) electrons. The van der Waals surface area contributed by atoms with E-state index in [0.29, 0.717) is 6.61 Å². The smallest absolute Gasteiger partial charge is 0.233 e. The van der Waals surface area contributed by atoms with E-state index in [4.69, 9.17) is 4.74 Å². The molecule has 0 aliphatic heterocycles. The van der Waals surface area contributed by atoms with Crippen LogP contribution in [0, 0.1) is 0 Å². The van der Waals surface area contributed by atoms with E-state index in [2.05, 4.69) is 11.3 Å². The summed E-state index contributed by atoms with van der Waals surface area (Å²) in [4.78, 5) is 0. The zero-order chi connectivity index (χ0) is 12.0. The van der Waals surface area contributed by atoms with Crippen LogP contribution < -0.4 is 4.72 Å². The van der Waals surface area contributed by atoms with Crippen LogP contribution in [0.2, 0.25) is 0 Å². The van der Waals surface area contributed by atoms with Crippen LogP contribution in [0.3, 0.4) is 0 Å². The third-order valence-electron chi connectivity index (χ3n) is 2.87. The number of hydrogen-bond donors (Lipinski definition) is 1. The monoisotopic (exact) mass is 247 g/mol. The molecule has 5 heteroatoms. The molecular weight excluding hydrogens is 226 g/mol. The van der Waals surface area contributed by atoms with Gasteiger partial charge in [-0.15, -0.1) is 0 Å². The van der Waals surface area contributed by atoms with Gasteiger partial charge in [0.1, 0.15) is 0 Å². The molecule has 2 atom stereocenters. The predicted molar refractivity (Wildman–Crippen MR) is 64.5 cm³/mol. The molecule has 0 aromatic rings. The van der Waals surface area contributed by atoms with E-state index in [9.17, 15) is 8.42 Å². The van der Waals surface area contributed by atoms with Gasteiger partial charge in [-0.1, -0.05) is 25.8 Å². The Labute approximate surface area is 98.1 Å². The van der Waals surface area contributed by atoms with Gasteiger partial charge in [-0.25, -0.2) is 13.1 Å². The zero-order valence-corrected chi connectivity index (χ0v) is 10.6. The highest BCUT2D eigenvalue weighted by atomic mass is 32.2. The van der Waals surface area contributed by atoms with Gasteiger partial charge in [0.15, 0.2) is 0 Å². The van der Waals surface area contributed by atoms with Crippen molar-refractivity contribution in [3.63, 3.8) is 0 Å². The number of ether oxygens (including phenoxy) is 1. The van der Waals surface area contributed by atoms with Gasteiger partial charge in [-0.05, 0) is 19.8 Å². The second-order valence-corrected chi connectivity index (χ2v) is 5.73. The Balaban J connectivity index is 2.67. The van der Waals surface area contributed by atoms with Gasteiger partial charge in [0.2, 0.25) is 10.0 Å². The third-order valence-corrected chi connectivity index (χ3v) is 3.94.